The largest absolute Gasteiger partial charge is 0.356 e. The lowest BCUT2D eigenvalue weighted by Crippen LogP contribution is -2.07. The summed E-state index contributed by atoms with van der Waals surface area (Å²) in [5.74, 6) is 0.0637. The number of benzene rings is 3. The van der Waals surface area contributed by atoms with Gasteiger partial charge >= 0.3 is 0 Å². The highest BCUT2D eigenvalue weighted by Crippen LogP contribution is 2.41. The minimum atomic E-state index is -0.339. The number of hydrogen-bond acceptors (Lipinski definition) is 2. The van der Waals surface area contributed by atoms with Crippen molar-refractivity contribution >= 4 is 16.6 Å². The summed E-state index contributed by atoms with van der Waals surface area (Å²) in [6, 6.07) is 23.8. The van der Waals surface area contributed by atoms with Crippen LogP contribution in [-0.2, 0) is 4.74 Å². The van der Waals surface area contributed by atoms with E-state index in [4.69, 9.17) is 4.74 Å². The van der Waals surface area contributed by atoms with E-state index in [9.17, 15) is 4.79 Å². The van der Waals surface area contributed by atoms with E-state index in [0.29, 0.717) is 5.56 Å². The average molecular weight is 274 g/mol. The van der Waals surface area contributed by atoms with Crippen LogP contribution in [0.4, 0.5) is 0 Å². The van der Waals surface area contributed by atoms with Gasteiger partial charge in [0.1, 0.15) is 6.10 Å². The van der Waals surface area contributed by atoms with Crippen LogP contribution in [0.3, 0.4) is 0 Å². The van der Waals surface area contributed by atoms with E-state index >= 15 is 0 Å². The summed E-state index contributed by atoms with van der Waals surface area (Å²) in [4.78, 5) is 12.3. The number of rotatable bonds is 3. The van der Waals surface area contributed by atoms with Gasteiger partial charge in [0.25, 0.3) is 0 Å². The lowest BCUT2D eigenvalue weighted by molar-refractivity contribution is 0.0953. The summed E-state index contributed by atoms with van der Waals surface area (Å²) in [5.41, 5.74) is 1.79. The fourth-order valence-corrected chi connectivity index (χ4v) is 2.72. The molecule has 2 atom stereocenters. The molecular weight excluding hydrogens is 260 g/mol. The first-order valence-electron chi connectivity index (χ1n) is 7.06. The van der Waals surface area contributed by atoms with Crippen LogP contribution in [0.5, 0.6) is 0 Å². The molecule has 2 heteroatoms. The van der Waals surface area contributed by atoms with Crippen molar-refractivity contribution in [2.45, 2.75) is 12.2 Å². The Morgan fingerprint density at radius 1 is 0.810 bits per heavy atom. The van der Waals surface area contributed by atoms with Gasteiger partial charge in [-0.1, -0.05) is 66.7 Å². The van der Waals surface area contributed by atoms with Crippen molar-refractivity contribution in [1.29, 1.82) is 0 Å². The van der Waals surface area contributed by atoms with E-state index < -0.39 is 0 Å². The maximum atomic E-state index is 12.3. The molecule has 1 aliphatic heterocycles. The van der Waals surface area contributed by atoms with Crippen LogP contribution in [0.2, 0.25) is 0 Å². The summed E-state index contributed by atoms with van der Waals surface area (Å²) in [6.07, 6.45) is -0.448. The molecule has 0 aromatic heterocycles. The lowest BCUT2D eigenvalue weighted by atomic mass is 10.0. The van der Waals surface area contributed by atoms with Crippen molar-refractivity contribution in [3.05, 3.63) is 83.9 Å². The molecule has 2 nitrogen and oxygen atoms in total. The van der Waals surface area contributed by atoms with Crippen LogP contribution < -0.4 is 0 Å². The predicted molar refractivity (Wildman–Crippen MR) is 82.3 cm³/mol. The van der Waals surface area contributed by atoms with E-state index in [1.54, 1.807) is 0 Å². The molecule has 3 aromatic rings. The normalized spacial score (nSPS) is 20.4. The highest BCUT2D eigenvalue weighted by molar-refractivity contribution is 6.01. The van der Waals surface area contributed by atoms with Crippen molar-refractivity contribution in [1.82, 2.24) is 0 Å². The summed E-state index contributed by atoms with van der Waals surface area (Å²) < 4.78 is 5.62. The lowest BCUT2D eigenvalue weighted by Gasteiger charge is -2.01. The van der Waals surface area contributed by atoms with E-state index in [1.807, 2.05) is 48.5 Å². The zero-order chi connectivity index (χ0) is 14.2. The number of ketones is 1. The third kappa shape index (κ3) is 2.24. The van der Waals surface area contributed by atoms with Gasteiger partial charge in [-0.05, 0) is 22.4 Å². The number of carbonyl (C=O) groups excluding carboxylic acids is 1. The molecule has 1 aliphatic rings. The van der Waals surface area contributed by atoms with Crippen LogP contribution in [0.15, 0.2) is 72.8 Å². The fraction of sp³-hybridized carbons (Fsp3) is 0.105. The predicted octanol–water partition coefficient (Wildman–Crippen LogP) is 4.16. The van der Waals surface area contributed by atoms with E-state index in [-0.39, 0.29) is 18.0 Å². The third-order valence-corrected chi connectivity index (χ3v) is 3.91. The van der Waals surface area contributed by atoms with Gasteiger partial charge in [0, 0.05) is 5.56 Å². The molecule has 0 saturated carbocycles. The molecule has 0 radical (unpaired) electrons. The standard InChI is InChI=1S/C19H14O2/c20-17(14-7-2-1-3-8-14)19-18(21-19)16-11-10-13-6-4-5-9-15(13)12-16/h1-12,18-19H/t18-,19-/m0/s1. The number of carbonyl (C=O) groups is 1. The first-order valence-corrected chi connectivity index (χ1v) is 7.06. The molecule has 0 bridgehead atoms. The molecule has 0 N–H and O–H groups in total. The van der Waals surface area contributed by atoms with Gasteiger partial charge in [-0.3, -0.25) is 4.79 Å². The Hall–Kier alpha value is -2.45. The maximum absolute atomic E-state index is 12.3. The van der Waals surface area contributed by atoms with Gasteiger partial charge in [-0.2, -0.15) is 0 Å². The van der Waals surface area contributed by atoms with Crippen LogP contribution >= 0.6 is 0 Å². The zero-order valence-electron chi connectivity index (χ0n) is 11.4. The molecule has 0 unspecified atom stereocenters. The highest BCUT2D eigenvalue weighted by atomic mass is 16.6. The van der Waals surface area contributed by atoms with Gasteiger partial charge in [-0.25, -0.2) is 0 Å². The second-order valence-corrected chi connectivity index (χ2v) is 5.31. The van der Waals surface area contributed by atoms with Gasteiger partial charge in [-0.15, -0.1) is 0 Å². The molecule has 1 saturated heterocycles. The Morgan fingerprint density at radius 3 is 2.33 bits per heavy atom. The number of hydrogen-bond donors (Lipinski definition) is 0. The van der Waals surface area contributed by atoms with E-state index in [1.165, 1.54) is 10.8 Å². The molecule has 1 heterocycles. The molecule has 21 heavy (non-hydrogen) atoms. The number of epoxide rings is 1. The highest BCUT2D eigenvalue weighted by Gasteiger charge is 2.46. The monoisotopic (exact) mass is 274 g/mol. The minimum absolute atomic E-state index is 0.0637. The number of fused-ring (bicyclic) bond motifs is 1. The summed E-state index contributed by atoms with van der Waals surface area (Å²) >= 11 is 0. The quantitative estimate of drug-likeness (QED) is 0.530. The van der Waals surface area contributed by atoms with Crippen LogP contribution in [0.1, 0.15) is 22.0 Å². The molecule has 0 amide bonds. The Bertz CT molecular complexity index is 808. The SMILES string of the molecule is O=C(c1ccccc1)[C@@H]1O[C@H]1c1ccc2ccccc2c1. The van der Waals surface area contributed by atoms with Crippen LogP contribution in [-0.4, -0.2) is 11.9 Å². The van der Waals surface area contributed by atoms with E-state index in [0.717, 1.165) is 5.56 Å². The summed E-state index contributed by atoms with van der Waals surface area (Å²) in [7, 11) is 0. The van der Waals surface area contributed by atoms with Gasteiger partial charge in [0.05, 0.1) is 0 Å². The van der Waals surface area contributed by atoms with E-state index in [2.05, 4.69) is 24.3 Å². The topological polar surface area (TPSA) is 29.6 Å². The number of ether oxygens (including phenoxy) is 1. The van der Waals surface area contributed by atoms with Crippen LogP contribution in [0.25, 0.3) is 10.8 Å². The first-order chi connectivity index (χ1) is 10.3. The second kappa shape index (κ2) is 4.83. The van der Waals surface area contributed by atoms with Gasteiger partial charge in [0.15, 0.2) is 11.9 Å². The molecule has 0 aliphatic carbocycles. The molecular formula is C19H14O2. The average Bonchev–Trinajstić information content (AvgIpc) is 3.35. The van der Waals surface area contributed by atoms with Crippen LogP contribution in [0, 0.1) is 0 Å². The van der Waals surface area contributed by atoms with Crippen molar-refractivity contribution < 1.29 is 9.53 Å². The third-order valence-electron chi connectivity index (χ3n) is 3.91. The first kappa shape index (κ1) is 12.3. The fourth-order valence-electron chi connectivity index (χ4n) is 2.72. The Labute approximate surface area is 123 Å². The Kier molecular flexibility index (Phi) is 2.83. The summed E-state index contributed by atoms with van der Waals surface area (Å²) in [6.45, 7) is 0. The minimum Gasteiger partial charge on any atom is -0.356 e. The molecule has 0 spiro atoms. The maximum Gasteiger partial charge on any atom is 0.194 e. The van der Waals surface area contributed by atoms with Crippen molar-refractivity contribution in [3.63, 3.8) is 0 Å². The smallest absolute Gasteiger partial charge is 0.194 e. The molecule has 102 valence electrons. The van der Waals surface area contributed by atoms with Gasteiger partial charge < -0.3 is 4.74 Å². The zero-order valence-corrected chi connectivity index (χ0v) is 11.4. The molecule has 1 fully saturated rings. The van der Waals surface area contributed by atoms with Crippen molar-refractivity contribution in [3.8, 4) is 0 Å². The van der Waals surface area contributed by atoms with Gasteiger partial charge in [0.2, 0.25) is 0 Å². The second-order valence-electron chi connectivity index (χ2n) is 5.31. The molecule has 4 rings (SSSR count). The van der Waals surface area contributed by atoms with Crippen molar-refractivity contribution in [2.24, 2.45) is 0 Å². The number of Topliss-reactive ketones (excluding diaryl/α,β-unsaturated/α-hetero) is 1. The Balaban J connectivity index is 1.59. The van der Waals surface area contributed by atoms with Crippen molar-refractivity contribution in [2.75, 3.05) is 0 Å². The Morgan fingerprint density at radius 2 is 1.52 bits per heavy atom. The molecule has 3 aromatic carbocycles. The summed E-state index contributed by atoms with van der Waals surface area (Å²) in [5, 5.41) is 2.38.